The molecule has 2 amide bonds. The monoisotopic (exact) mass is 348 g/mol. The van der Waals surface area contributed by atoms with Crippen molar-refractivity contribution >= 4 is 17.5 Å². The summed E-state index contributed by atoms with van der Waals surface area (Å²) in [5.41, 5.74) is 0.297. The van der Waals surface area contributed by atoms with Gasteiger partial charge in [-0.1, -0.05) is 12.1 Å². The van der Waals surface area contributed by atoms with Gasteiger partial charge in [-0.3, -0.25) is 24.6 Å². The molecule has 0 spiro atoms. The number of halogens is 2. The second-order valence-electron chi connectivity index (χ2n) is 5.21. The van der Waals surface area contributed by atoms with Crippen LogP contribution in [0.25, 0.3) is 0 Å². The Labute approximate surface area is 139 Å². The van der Waals surface area contributed by atoms with Crippen molar-refractivity contribution in [3.63, 3.8) is 0 Å². The molecule has 0 aromatic heterocycles. The number of carbonyl (C=O) groups is 2. The summed E-state index contributed by atoms with van der Waals surface area (Å²) in [6, 6.07) is 8.95. The molecule has 128 valence electrons. The highest BCUT2D eigenvalue weighted by Crippen LogP contribution is 2.28. The number of non-ortho nitro benzene ring substituents is 1. The molecule has 0 radical (unpaired) electrons. The van der Waals surface area contributed by atoms with Crippen LogP contribution in [0.1, 0.15) is 26.3 Å². The van der Waals surface area contributed by atoms with E-state index in [0.717, 1.165) is 17.0 Å². The summed E-state index contributed by atoms with van der Waals surface area (Å²) in [7, 11) is 0. The number of nitro benzene ring substituents is 1. The zero-order chi connectivity index (χ0) is 18.1. The minimum atomic E-state index is -2.95. The molecule has 1 aliphatic rings. The number of hydrogen-bond acceptors (Lipinski definition) is 5. The number of benzene rings is 2. The molecule has 9 heteroatoms. The van der Waals surface area contributed by atoms with Crippen molar-refractivity contribution in [1.82, 2.24) is 4.90 Å². The number of ether oxygens (including phenoxy) is 1. The van der Waals surface area contributed by atoms with Gasteiger partial charge in [-0.25, -0.2) is 0 Å². The summed E-state index contributed by atoms with van der Waals surface area (Å²) in [5.74, 6) is -1.25. The lowest BCUT2D eigenvalue weighted by atomic mass is 10.1. The Morgan fingerprint density at radius 3 is 2.28 bits per heavy atom. The summed E-state index contributed by atoms with van der Waals surface area (Å²) in [6.07, 6.45) is 0. The van der Waals surface area contributed by atoms with Crippen molar-refractivity contribution in [2.45, 2.75) is 13.2 Å². The molecule has 1 aliphatic heterocycles. The Morgan fingerprint density at radius 1 is 1.04 bits per heavy atom. The maximum Gasteiger partial charge on any atom is 0.387 e. The molecule has 2 aromatic rings. The average molecular weight is 348 g/mol. The van der Waals surface area contributed by atoms with Crippen molar-refractivity contribution in [3.8, 4) is 5.75 Å². The van der Waals surface area contributed by atoms with Crippen LogP contribution in [0.3, 0.4) is 0 Å². The Hall–Kier alpha value is -3.36. The van der Waals surface area contributed by atoms with E-state index in [0.29, 0.717) is 5.56 Å². The van der Waals surface area contributed by atoms with Crippen molar-refractivity contribution in [1.29, 1.82) is 0 Å². The van der Waals surface area contributed by atoms with E-state index in [2.05, 4.69) is 4.74 Å². The lowest BCUT2D eigenvalue weighted by molar-refractivity contribution is -0.384. The summed E-state index contributed by atoms with van der Waals surface area (Å²) < 4.78 is 28.5. The first-order valence-corrected chi connectivity index (χ1v) is 7.05. The summed E-state index contributed by atoms with van der Waals surface area (Å²) in [5, 5.41) is 10.8. The van der Waals surface area contributed by atoms with Crippen molar-refractivity contribution in [3.05, 3.63) is 69.3 Å². The molecule has 0 bridgehead atoms. The van der Waals surface area contributed by atoms with Crippen LogP contribution >= 0.6 is 0 Å². The summed E-state index contributed by atoms with van der Waals surface area (Å²) in [6.45, 7) is -3.03. The first kappa shape index (κ1) is 16.5. The standard InChI is InChI=1S/C16H10F2N2O5/c17-16(18)25-11-4-1-9(2-5-11)8-19-14(21)12-6-3-10(20(23)24)7-13(12)15(19)22/h1-7,16H,8H2. The van der Waals surface area contributed by atoms with Gasteiger partial charge in [0.05, 0.1) is 22.6 Å². The fraction of sp³-hybridized carbons (Fsp3) is 0.125. The molecule has 0 saturated heterocycles. The minimum absolute atomic E-state index is 0.0307. The van der Waals surface area contributed by atoms with E-state index >= 15 is 0 Å². The van der Waals surface area contributed by atoms with Gasteiger partial charge in [-0.15, -0.1) is 0 Å². The quantitative estimate of drug-likeness (QED) is 0.471. The van der Waals surface area contributed by atoms with E-state index in [4.69, 9.17) is 0 Å². The first-order valence-electron chi connectivity index (χ1n) is 7.05. The second-order valence-corrected chi connectivity index (χ2v) is 5.21. The highest BCUT2D eigenvalue weighted by atomic mass is 19.3. The molecule has 2 aromatic carbocycles. The third-order valence-corrected chi connectivity index (χ3v) is 3.65. The lowest BCUT2D eigenvalue weighted by Crippen LogP contribution is -2.29. The van der Waals surface area contributed by atoms with Crippen LogP contribution in [-0.4, -0.2) is 28.2 Å². The summed E-state index contributed by atoms with van der Waals surface area (Å²) in [4.78, 5) is 35.8. The first-order chi connectivity index (χ1) is 11.9. The number of carbonyl (C=O) groups excluding carboxylic acids is 2. The third kappa shape index (κ3) is 3.16. The van der Waals surface area contributed by atoms with Crippen LogP contribution in [0.15, 0.2) is 42.5 Å². The molecule has 7 nitrogen and oxygen atoms in total. The fourth-order valence-electron chi connectivity index (χ4n) is 2.49. The molecule has 0 atom stereocenters. The van der Waals surface area contributed by atoms with Crippen LogP contribution in [0.4, 0.5) is 14.5 Å². The molecular formula is C16H10F2N2O5. The predicted molar refractivity (Wildman–Crippen MR) is 80.4 cm³/mol. The molecule has 0 saturated carbocycles. The van der Waals surface area contributed by atoms with Gasteiger partial charge in [0, 0.05) is 12.1 Å². The van der Waals surface area contributed by atoms with Crippen molar-refractivity contribution < 1.29 is 28.0 Å². The number of amides is 2. The van der Waals surface area contributed by atoms with E-state index in [-0.39, 0.29) is 29.1 Å². The van der Waals surface area contributed by atoms with Gasteiger partial charge in [0.15, 0.2) is 0 Å². The average Bonchev–Trinajstić information content (AvgIpc) is 2.80. The minimum Gasteiger partial charge on any atom is -0.435 e. The smallest absolute Gasteiger partial charge is 0.387 e. The number of nitro groups is 1. The van der Waals surface area contributed by atoms with Crippen LogP contribution < -0.4 is 4.74 Å². The SMILES string of the molecule is O=C1c2ccc([N+](=O)[O-])cc2C(=O)N1Cc1ccc(OC(F)F)cc1. The third-order valence-electron chi connectivity index (χ3n) is 3.65. The fourth-order valence-corrected chi connectivity index (χ4v) is 2.49. The zero-order valence-corrected chi connectivity index (χ0v) is 12.5. The maximum atomic E-state index is 12.4. The van der Waals surface area contributed by atoms with Crippen molar-refractivity contribution in [2.75, 3.05) is 0 Å². The molecule has 0 aliphatic carbocycles. The largest absolute Gasteiger partial charge is 0.435 e. The normalized spacial score (nSPS) is 13.3. The molecule has 0 fully saturated rings. The number of hydrogen-bond donors (Lipinski definition) is 0. The van der Waals surface area contributed by atoms with Crippen LogP contribution in [0.2, 0.25) is 0 Å². The topological polar surface area (TPSA) is 89.8 Å². The molecule has 0 unspecified atom stereocenters. The number of alkyl halides is 2. The van der Waals surface area contributed by atoms with E-state index in [1.54, 1.807) is 0 Å². The van der Waals surface area contributed by atoms with Crippen molar-refractivity contribution in [2.24, 2.45) is 0 Å². The maximum absolute atomic E-state index is 12.4. The van der Waals surface area contributed by atoms with Gasteiger partial charge in [0.1, 0.15) is 5.75 Å². The van der Waals surface area contributed by atoms with Gasteiger partial charge < -0.3 is 4.74 Å². The highest BCUT2D eigenvalue weighted by Gasteiger charge is 2.36. The predicted octanol–water partition coefficient (Wildman–Crippen LogP) is 2.99. The Balaban J connectivity index is 1.81. The van der Waals surface area contributed by atoms with E-state index in [1.807, 2.05) is 0 Å². The van der Waals surface area contributed by atoms with Crippen LogP contribution in [0, 0.1) is 10.1 Å². The van der Waals surface area contributed by atoms with Gasteiger partial charge in [0.2, 0.25) is 0 Å². The van der Waals surface area contributed by atoms with E-state index in [9.17, 15) is 28.5 Å². The second kappa shape index (κ2) is 6.27. The lowest BCUT2D eigenvalue weighted by Gasteiger charge is -2.14. The molecule has 1 heterocycles. The Kier molecular flexibility index (Phi) is 4.14. The van der Waals surface area contributed by atoms with Gasteiger partial charge in [-0.05, 0) is 23.8 Å². The van der Waals surface area contributed by atoms with E-state index in [1.165, 1.54) is 30.3 Å². The van der Waals surface area contributed by atoms with Crippen LogP contribution in [-0.2, 0) is 6.54 Å². The molecular weight excluding hydrogens is 338 g/mol. The molecule has 25 heavy (non-hydrogen) atoms. The molecule has 0 N–H and O–H groups in total. The number of rotatable bonds is 5. The van der Waals surface area contributed by atoms with Gasteiger partial charge >= 0.3 is 6.61 Å². The number of fused-ring (bicyclic) bond motifs is 1. The Bertz CT molecular complexity index is 867. The summed E-state index contributed by atoms with van der Waals surface area (Å²) >= 11 is 0. The number of imide groups is 1. The Morgan fingerprint density at radius 2 is 1.68 bits per heavy atom. The zero-order valence-electron chi connectivity index (χ0n) is 12.5. The van der Waals surface area contributed by atoms with E-state index < -0.39 is 23.3 Å². The number of nitrogens with zero attached hydrogens (tertiary/aromatic N) is 2. The van der Waals surface area contributed by atoms with Gasteiger partial charge in [-0.2, -0.15) is 8.78 Å². The molecule has 3 rings (SSSR count). The van der Waals surface area contributed by atoms with Crippen LogP contribution in [0.5, 0.6) is 5.75 Å². The van der Waals surface area contributed by atoms with Gasteiger partial charge in [0.25, 0.3) is 17.5 Å². The highest BCUT2D eigenvalue weighted by molar-refractivity contribution is 6.21.